The Morgan fingerprint density at radius 3 is 2.23 bits per heavy atom. The Balaban J connectivity index is 1.20. The molecule has 2 bridgehead atoms. The third-order valence-electron chi connectivity index (χ3n) is 6.65. The summed E-state index contributed by atoms with van der Waals surface area (Å²) >= 11 is 0. The fourth-order valence-electron chi connectivity index (χ4n) is 5.34. The highest BCUT2D eigenvalue weighted by Crippen LogP contribution is 2.65. The Morgan fingerprint density at radius 2 is 1.62 bits per heavy atom. The van der Waals surface area contributed by atoms with Crippen LogP contribution >= 0.6 is 0 Å². The maximum atomic E-state index is 12.8. The van der Waals surface area contributed by atoms with Crippen LogP contribution in [0, 0.1) is 35.5 Å². The summed E-state index contributed by atoms with van der Waals surface area (Å²) in [6, 6.07) is 9.69. The van der Waals surface area contributed by atoms with Gasteiger partial charge in [0.2, 0.25) is 17.7 Å². The molecule has 1 heterocycles. The molecule has 134 valence electrons. The molecule has 6 rings (SSSR count). The van der Waals surface area contributed by atoms with Crippen molar-refractivity contribution in [3.05, 3.63) is 48.0 Å². The summed E-state index contributed by atoms with van der Waals surface area (Å²) in [5.41, 5.74) is 1.03. The zero-order chi connectivity index (χ0) is 17.8. The molecular weight excluding hydrogens is 328 g/mol. The van der Waals surface area contributed by atoms with Gasteiger partial charge in [0, 0.05) is 19.5 Å². The summed E-state index contributed by atoms with van der Waals surface area (Å²) < 4.78 is 0. The van der Waals surface area contributed by atoms with Crippen LogP contribution in [0.25, 0.3) is 0 Å². The topological polar surface area (TPSA) is 66.5 Å². The van der Waals surface area contributed by atoms with Crippen LogP contribution in [0.1, 0.15) is 18.4 Å². The average molecular weight is 350 g/mol. The quantitative estimate of drug-likeness (QED) is 0.650. The van der Waals surface area contributed by atoms with E-state index in [1.807, 2.05) is 30.3 Å². The van der Waals surface area contributed by atoms with Gasteiger partial charge in [-0.2, -0.15) is 0 Å². The first-order chi connectivity index (χ1) is 12.6. The van der Waals surface area contributed by atoms with E-state index in [9.17, 15) is 14.4 Å². The summed E-state index contributed by atoms with van der Waals surface area (Å²) in [6.07, 6.45) is 5.67. The van der Waals surface area contributed by atoms with Crippen molar-refractivity contribution >= 4 is 17.7 Å². The second kappa shape index (κ2) is 5.79. The van der Waals surface area contributed by atoms with E-state index in [0.717, 1.165) is 12.0 Å². The monoisotopic (exact) mass is 350 g/mol. The molecule has 1 aliphatic heterocycles. The molecule has 5 aliphatic rings. The van der Waals surface area contributed by atoms with Gasteiger partial charge in [-0.1, -0.05) is 42.5 Å². The van der Waals surface area contributed by atoms with Crippen molar-refractivity contribution in [1.82, 2.24) is 10.2 Å². The minimum Gasteiger partial charge on any atom is -0.352 e. The predicted molar refractivity (Wildman–Crippen MR) is 94.3 cm³/mol. The van der Waals surface area contributed by atoms with Crippen molar-refractivity contribution in [3.8, 4) is 0 Å². The Hall–Kier alpha value is -2.43. The number of amides is 3. The smallest absolute Gasteiger partial charge is 0.233 e. The molecule has 3 amide bonds. The SMILES string of the molecule is O=C(CCN1C(=O)[C@@H]2[C@H]3C=C[C@@H]([C@@H]4C[C@@H]34)[C@H]2C1=O)NCc1ccccc1. The van der Waals surface area contributed by atoms with E-state index in [0.29, 0.717) is 18.4 Å². The molecule has 5 heteroatoms. The van der Waals surface area contributed by atoms with E-state index >= 15 is 0 Å². The molecule has 0 aromatic heterocycles. The molecule has 0 radical (unpaired) electrons. The first kappa shape index (κ1) is 15.8. The maximum Gasteiger partial charge on any atom is 0.233 e. The molecule has 0 unspecified atom stereocenters. The fourth-order valence-corrected chi connectivity index (χ4v) is 5.34. The number of allylic oxidation sites excluding steroid dienone is 2. The van der Waals surface area contributed by atoms with Gasteiger partial charge in [0.05, 0.1) is 11.8 Å². The second-order valence-electron chi connectivity index (χ2n) is 8.00. The number of nitrogens with one attached hydrogen (secondary N) is 1. The lowest BCUT2D eigenvalue weighted by atomic mass is 9.63. The van der Waals surface area contributed by atoms with Gasteiger partial charge in [-0.15, -0.1) is 0 Å². The fraction of sp³-hybridized carbons (Fsp3) is 0.476. The van der Waals surface area contributed by atoms with Crippen molar-refractivity contribution < 1.29 is 14.4 Å². The highest BCUT2D eigenvalue weighted by molar-refractivity contribution is 6.06. The Labute approximate surface area is 152 Å². The first-order valence-electron chi connectivity index (χ1n) is 9.49. The molecule has 5 nitrogen and oxygen atoms in total. The summed E-state index contributed by atoms with van der Waals surface area (Å²) in [7, 11) is 0. The zero-order valence-corrected chi connectivity index (χ0v) is 14.5. The van der Waals surface area contributed by atoms with Gasteiger partial charge in [-0.05, 0) is 35.7 Å². The van der Waals surface area contributed by atoms with Gasteiger partial charge in [0.15, 0.2) is 0 Å². The van der Waals surface area contributed by atoms with E-state index in [4.69, 9.17) is 0 Å². The van der Waals surface area contributed by atoms with E-state index in [1.54, 1.807) is 0 Å². The van der Waals surface area contributed by atoms with E-state index < -0.39 is 0 Å². The van der Waals surface area contributed by atoms with Crippen LogP contribution in [-0.4, -0.2) is 29.2 Å². The number of imide groups is 1. The van der Waals surface area contributed by atoms with Gasteiger partial charge in [0.25, 0.3) is 0 Å². The Morgan fingerprint density at radius 1 is 1.00 bits per heavy atom. The van der Waals surface area contributed by atoms with Gasteiger partial charge in [0.1, 0.15) is 0 Å². The van der Waals surface area contributed by atoms with Crippen molar-refractivity contribution in [1.29, 1.82) is 0 Å². The molecule has 0 spiro atoms. The van der Waals surface area contributed by atoms with E-state index in [2.05, 4.69) is 17.5 Å². The van der Waals surface area contributed by atoms with Gasteiger partial charge >= 0.3 is 0 Å². The molecule has 1 saturated heterocycles. The third-order valence-corrected chi connectivity index (χ3v) is 6.65. The van der Waals surface area contributed by atoms with Gasteiger partial charge in [-0.25, -0.2) is 0 Å². The normalized spacial score (nSPS) is 36.1. The van der Waals surface area contributed by atoms with Crippen LogP contribution in [0.4, 0.5) is 0 Å². The molecule has 26 heavy (non-hydrogen) atoms. The Kier molecular flexibility index (Phi) is 3.52. The lowest BCUT2D eigenvalue weighted by molar-refractivity contribution is -0.140. The summed E-state index contributed by atoms with van der Waals surface area (Å²) in [5, 5.41) is 2.86. The molecular formula is C21H22N2O3. The van der Waals surface area contributed by atoms with Crippen molar-refractivity contribution in [2.45, 2.75) is 19.4 Å². The molecule has 1 aromatic rings. The van der Waals surface area contributed by atoms with Crippen LogP contribution < -0.4 is 5.32 Å². The first-order valence-corrected chi connectivity index (χ1v) is 9.49. The van der Waals surface area contributed by atoms with E-state index in [1.165, 1.54) is 4.90 Å². The number of hydrogen-bond donors (Lipinski definition) is 1. The second-order valence-corrected chi connectivity index (χ2v) is 8.00. The number of likely N-dealkylation sites (tertiary alicyclic amines) is 1. The number of nitrogens with zero attached hydrogens (tertiary/aromatic N) is 1. The average Bonchev–Trinajstić information content (AvgIpc) is 3.45. The number of rotatable bonds is 5. The van der Waals surface area contributed by atoms with Crippen LogP contribution in [-0.2, 0) is 20.9 Å². The van der Waals surface area contributed by atoms with Gasteiger partial charge < -0.3 is 5.32 Å². The number of benzene rings is 1. The van der Waals surface area contributed by atoms with Crippen LogP contribution in [0.5, 0.6) is 0 Å². The number of hydrogen-bond acceptors (Lipinski definition) is 3. The van der Waals surface area contributed by atoms with Gasteiger partial charge in [-0.3, -0.25) is 19.3 Å². The highest BCUT2D eigenvalue weighted by Gasteiger charge is 2.66. The van der Waals surface area contributed by atoms with E-state index in [-0.39, 0.29) is 54.4 Å². The highest BCUT2D eigenvalue weighted by atomic mass is 16.2. The van der Waals surface area contributed by atoms with Crippen LogP contribution in [0.3, 0.4) is 0 Å². The standard InChI is InChI=1S/C21H22N2O3/c24-17(22-11-12-4-2-1-3-5-12)8-9-23-20(25)18-13-6-7-14(16-10-15(13)16)19(18)21(23)26/h1-7,13-16,18-19H,8-11H2,(H,22,24)/t13-,14-,15-,16-,18+,19+/m0/s1. The predicted octanol–water partition coefficient (Wildman–Crippen LogP) is 1.75. The van der Waals surface area contributed by atoms with Crippen molar-refractivity contribution in [2.24, 2.45) is 35.5 Å². The Bertz CT molecular complexity index is 767. The minimum absolute atomic E-state index is 0.0550. The molecule has 1 aromatic carbocycles. The summed E-state index contributed by atoms with van der Waals surface area (Å²) in [4.78, 5) is 39.2. The molecule has 1 N–H and O–H groups in total. The minimum atomic E-state index is -0.173. The van der Waals surface area contributed by atoms with Crippen LogP contribution in [0.2, 0.25) is 0 Å². The largest absolute Gasteiger partial charge is 0.352 e. The molecule has 3 fully saturated rings. The van der Waals surface area contributed by atoms with Crippen LogP contribution in [0.15, 0.2) is 42.5 Å². The summed E-state index contributed by atoms with van der Waals surface area (Å²) in [5.74, 6) is 1.11. The molecule has 2 saturated carbocycles. The van der Waals surface area contributed by atoms with Crippen molar-refractivity contribution in [3.63, 3.8) is 0 Å². The lowest BCUT2D eigenvalue weighted by Crippen LogP contribution is -2.40. The molecule has 6 atom stereocenters. The van der Waals surface area contributed by atoms with Crippen molar-refractivity contribution in [2.75, 3.05) is 6.54 Å². The number of carbonyl (C=O) groups excluding carboxylic acids is 3. The number of carbonyl (C=O) groups is 3. The zero-order valence-electron chi connectivity index (χ0n) is 14.5. The third kappa shape index (κ3) is 2.33. The lowest BCUT2D eigenvalue weighted by Gasteiger charge is -2.37. The summed E-state index contributed by atoms with van der Waals surface area (Å²) in [6.45, 7) is 0.657. The maximum absolute atomic E-state index is 12.8. The molecule has 4 aliphatic carbocycles.